The molecule has 3 heterocycles. The molecule has 3 aromatic heterocycles. The van der Waals surface area contributed by atoms with Crippen LogP contribution in [0.25, 0.3) is 22.8 Å². The summed E-state index contributed by atoms with van der Waals surface area (Å²) < 4.78 is 7.69. The van der Waals surface area contributed by atoms with E-state index in [4.69, 9.17) is 10.5 Å². The Morgan fingerprint density at radius 3 is 2.61 bits per heavy atom. The molecule has 0 aliphatic rings. The van der Waals surface area contributed by atoms with Gasteiger partial charge in [-0.1, -0.05) is 6.07 Å². The van der Waals surface area contributed by atoms with Crippen molar-refractivity contribution in [3.05, 3.63) is 72.2 Å². The topological polar surface area (TPSA) is 136 Å². The van der Waals surface area contributed by atoms with Crippen LogP contribution in [0.2, 0.25) is 0 Å². The number of ether oxygens (including phenoxy) is 1. The molecule has 0 saturated heterocycles. The SMILES string of the molecule is Cn1nc(-c2ncccn2)cc1Oc1cc(C#N)ccc1-c1ccc(C(O)CN)cn1. The molecule has 0 bridgehead atoms. The van der Waals surface area contributed by atoms with Crippen LogP contribution in [-0.2, 0) is 7.05 Å². The van der Waals surface area contributed by atoms with Gasteiger partial charge in [0.1, 0.15) is 11.4 Å². The Labute approximate surface area is 178 Å². The summed E-state index contributed by atoms with van der Waals surface area (Å²) in [4.78, 5) is 12.8. The minimum absolute atomic E-state index is 0.111. The Kier molecular flexibility index (Phi) is 5.66. The lowest BCUT2D eigenvalue weighted by atomic mass is 10.1. The highest BCUT2D eigenvalue weighted by Crippen LogP contribution is 2.34. The molecule has 4 rings (SSSR count). The number of benzene rings is 1. The van der Waals surface area contributed by atoms with Gasteiger partial charge in [0, 0.05) is 49.4 Å². The van der Waals surface area contributed by atoms with Crippen molar-refractivity contribution in [2.75, 3.05) is 6.54 Å². The van der Waals surface area contributed by atoms with Crippen molar-refractivity contribution < 1.29 is 9.84 Å². The lowest BCUT2D eigenvalue weighted by molar-refractivity contribution is 0.186. The van der Waals surface area contributed by atoms with Gasteiger partial charge in [0.25, 0.3) is 0 Å². The van der Waals surface area contributed by atoms with E-state index in [2.05, 4.69) is 26.1 Å². The maximum atomic E-state index is 9.89. The minimum atomic E-state index is -0.772. The molecular formula is C22H19N7O2. The molecule has 0 aliphatic heterocycles. The third kappa shape index (κ3) is 4.25. The van der Waals surface area contributed by atoms with Crippen LogP contribution in [-0.4, -0.2) is 36.4 Å². The normalized spacial score (nSPS) is 11.7. The number of rotatable bonds is 6. The summed E-state index contributed by atoms with van der Waals surface area (Å²) in [6, 6.07) is 14.2. The fourth-order valence-corrected chi connectivity index (χ4v) is 2.98. The van der Waals surface area contributed by atoms with Gasteiger partial charge in [0.15, 0.2) is 5.82 Å². The van der Waals surface area contributed by atoms with Crippen molar-refractivity contribution in [2.45, 2.75) is 6.10 Å². The molecule has 1 atom stereocenters. The summed E-state index contributed by atoms with van der Waals surface area (Å²) >= 11 is 0. The predicted octanol–water partition coefficient (Wildman–Crippen LogP) is 2.60. The van der Waals surface area contributed by atoms with Gasteiger partial charge in [-0.3, -0.25) is 4.98 Å². The van der Waals surface area contributed by atoms with Crippen LogP contribution < -0.4 is 10.5 Å². The average Bonchev–Trinajstić information content (AvgIpc) is 3.19. The van der Waals surface area contributed by atoms with Crippen molar-refractivity contribution in [3.63, 3.8) is 0 Å². The van der Waals surface area contributed by atoms with E-state index in [1.807, 2.05) is 0 Å². The number of aromatic nitrogens is 5. The van der Waals surface area contributed by atoms with E-state index in [1.54, 1.807) is 72.8 Å². The number of hydrogen-bond acceptors (Lipinski definition) is 8. The second-order valence-corrected chi connectivity index (χ2v) is 6.72. The molecule has 154 valence electrons. The maximum absolute atomic E-state index is 9.89. The van der Waals surface area contributed by atoms with Gasteiger partial charge in [-0.05, 0) is 30.3 Å². The Hall–Kier alpha value is -4.13. The van der Waals surface area contributed by atoms with Gasteiger partial charge in [0.2, 0.25) is 5.88 Å². The first-order valence-corrected chi connectivity index (χ1v) is 9.47. The largest absolute Gasteiger partial charge is 0.439 e. The molecule has 0 saturated carbocycles. The van der Waals surface area contributed by atoms with Crippen LogP contribution in [0.4, 0.5) is 0 Å². The van der Waals surface area contributed by atoms with E-state index >= 15 is 0 Å². The van der Waals surface area contributed by atoms with Crippen LogP contribution >= 0.6 is 0 Å². The van der Waals surface area contributed by atoms with Gasteiger partial charge < -0.3 is 15.6 Å². The second kappa shape index (κ2) is 8.71. The minimum Gasteiger partial charge on any atom is -0.439 e. The van der Waals surface area contributed by atoms with E-state index in [1.165, 1.54) is 0 Å². The smallest absolute Gasteiger partial charge is 0.218 e. The molecule has 3 N–H and O–H groups in total. The van der Waals surface area contributed by atoms with Crippen molar-refractivity contribution in [1.29, 1.82) is 5.26 Å². The van der Waals surface area contributed by atoms with Gasteiger partial charge in [-0.15, -0.1) is 0 Å². The first-order valence-electron chi connectivity index (χ1n) is 9.47. The first-order chi connectivity index (χ1) is 15.1. The summed E-state index contributed by atoms with van der Waals surface area (Å²) in [5, 5.41) is 23.6. The van der Waals surface area contributed by atoms with Gasteiger partial charge in [-0.2, -0.15) is 10.4 Å². The van der Waals surface area contributed by atoms with E-state index in [-0.39, 0.29) is 6.54 Å². The Morgan fingerprint density at radius 1 is 1.13 bits per heavy atom. The lowest BCUT2D eigenvalue weighted by Crippen LogP contribution is -2.11. The fraction of sp³-hybridized carbons (Fsp3) is 0.136. The van der Waals surface area contributed by atoms with Crippen LogP contribution in [0.3, 0.4) is 0 Å². The Balaban J connectivity index is 1.70. The van der Waals surface area contributed by atoms with Crippen LogP contribution in [0.15, 0.2) is 61.1 Å². The Bertz CT molecular complexity index is 1230. The van der Waals surface area contributed by atoms with Crippen LogP contribution in [0.5, 0.6) is 11.6 Å². The van der Waals surface area contributed by atoms with Crippen molar-refractivity contribution in [1.82, 2.24) is 24.7 Å². The van der Waals surface area contributed by atoms with E-state index < -0.39 is 6.10 Å². The Morgan fingerprint density at radius 2 is 1.94 bits per heavy atom. The molecule has 1 aromatic carbocycles. The summed E-state index contributed by atoms with van der Waals surface area (Å²) in [6.45, 7) is 0.111. The number of aliphatic hydroxyl groups excluding tert-OH is 1. The third-order valence-electron chi connectivity index (χ3n) is 4.63. The quantitative estimate of drug-likeness (QED) is 0.492. The van der Waals surface area contributed by atoms with E-state index in [0.29, 0.717) is 45.5 Å². The number of pyridine rings is 1. The monoisotopic (exact) mass is 413 g/mol. The zero-order valence-electron chi connectivity index (χ0n) is 16.7. The molecular weight excluding hydrogens is 394 g/mol. The fourth-order valence-electron chi connectivity index (χ4n) is 2.98. The molecule has 31 heavy (non-hydrogen) atoms. The molecule has 4 aromatic rings. The molecule has 1 unspecified atom stereocenters. The molecule has 0 amide bonds. The number of aliphatic hydroxyl groups is 1. The standard InChI is InChI=1S/C22H19N7O2/c1-29-21(10-18(28-29)22-25-7-2-8-26-22)31-20-9-14(11-23)3-5-16(20)17-6-4-15(13-27-17)19(30)12-24/h2-10,13,19,30H,12,24H2,1H3. The highest BCUT2D eigenvalue weighted by molar-refractivity contribution is 5.69. The van der Waals surface area contributed by atoms with Gasteiger partial charge >= 0.3 is 0 Å². The number of nitriles is 1. The summed E-state index contributed by atoms with van der Waals surface area (Å²) in [6.07, 6.45) is 4.08. The van der Waals surface area contributed by atoms with Crippen molar-refractivity contribution in [2.24, 2.45) is 12.8 Å². The predicted molar refractivity (Wildman–Crippen MR) is 113 cm³/mol. The number of hydrogen-bond donors (Lipinski definition) is 2. The molecule has 0 aliphatic carbocycles. The lowest BCUT2D eigenvalue weighted by Gasteiger charge is -2.12. The maximum Gasteiger partial charge on any atom is 0.218 e. The van der Waals surface area contributed by atoms with Gasteiger partial charge in [-0.25, -0.2) is 14.6 Å². The third-order valence-corrected chi connectivity index (χ3v) is 4.63. The first kappa shape index (κ1) is 20.2. The second-order valence-electron chi connectivity index (χ2n) is 6.72. The molecule has 9 nitrogen and oxygen atoms in total. The number of aryl methyl sites for hydroxylation is 1. The summed E-state index contributed by atoms with van der Waals surface area (Å²) in [7, 11) is 1.75. The van der Waals surface area contributed by atoms with Crippen LogP contribution in [0.1, 0.15) is 17.2 Å². The van der Waals surface area contributed by atoms with Crippen LogP contribution in [0, 0.1) is 11.3 Å². The number of nitrogens with zero attached hydrogens (tertiary/aromatic N) is 6. The zero-order valence-corrected chi connectivity index (χ0v) is 16.7. The summed E-state index contributed by atoms with van der Waals surface area (Å²) in [5.41, 5.74) is 8.46. The van der Waals surface area contributed by atoms with Crippen molar-refractivity contribution >= 4 is 0 Å². The molecule has 9 heteroatoms. The van der Waals surface area contributed by atoms with Gasteiger partial charge in [0.05, 0.1) is 23.4 Å². The number of nitrogens with two attached hydrogens (primary N) is 1. The highest BCUT2D eigenvalue weighted by atomic mass is 16.5. The van der Waals surface area contributed by atoms with E-state index in [0.717, 1.165) is 0 Å². The average molecular weight is 413 g/mol. The molecule has 0 fully saturated rings. The molecule has 0 spiro atoms. The van der Waals surface area contributed by atoms with Crippen molar-refractivity contribution in [3.8, 4) is 40.5 Å². The van der Waals surface area contributed by atoms with E-state index in [9.17, 15) is 10.4 Å². The molecule has 0 radical (unpaired) electrons. The highest BCUT2D eigenvalue weighted by Gasteiger charge is 2.16. The summed E-state index contributed by atoms with van der Waals surface area (Å²) in [5.74, 6) is 1.38. The zero-order chi connectivity index (χ0) is 21.8.